The van der Waals surface area contributed by atoms with Crippen molar-refractivity contribution in [1.82, 2.24) is 0 Å². The molecule has 1 aliphatic heterocycles. The van der Waals surface area contributed by atoms with Crippen LogP contribution in [0.1, 0.15) is 18.9 Å². The first-order valence-corrected chi connectivity index (χ1v) is 6.43. The number of likely N-dealkylation sites (N-methyl/N-ethyl adjacent to an activating group) is 1. The van der Waals surface area contributed by atoms with Gasteiger partial charge in [-0.2, -0.15) is 0 Å². The number of nitrogens with two attached hydrogens (primary N) is 1. The molecule has 0 aromatic heterocycles. The molecular weight excluding hydrogens is 231 g/mol. The third kappa shape index (κ3) is 2.82. The molecular formula is C14H21FN2O. The highest BCUT2D eigenvalue weighted by Gasteiger charge is 2.24. The zero-order chi connectivity index (χ0) is 13.1. The lowest BCUT2D eigenvalue weighted by Crippen LogP contribution is -2.34. The minimum absolute atomic E-state index is 0.0266. The van der Waals surface area contributed by atoms with E-state index in [1.54, 1.807) is 6.07 Å². The first-order valence-electron chi connectivity index (χ1n) is 6.43. The number of ether oxygens (including phenoxy) is 1. The van der Waals surface area contributed by atoms with Crippen molar-refractivity contribution in [1.29, 1.82) is 0 Å². The molecule has 2 N–H and O–H groups in total. The van der Waals surface area contributed by atoms with Crippen LogP contribution in [0, 0.1) is 5.82 Å². The molecule has 1 heterocycles. The van der Waals surface area contributed by atoms with Gasteiger partial charge in [0, 0.05) is 19.7 Å². The van der Waals surface area contributed by atoms with Gasteiger partial charge >= 0.3 is 0 Å². The van der Waals surface area contributed by atoms with Gasteiger partial charge in [-0.3, -0.25) is 0 Å². The predicted octanol–water partition coefficient (Wildman–Crippen LogP) is 1.94. The summed E-state index contributed by atoms with van der Waals surface area (Å²) in [5.41, 5.74) is 7.47. The maximum atomic E-state index is 14.1. The van der Waals surface area contributed by atoms with Gasteiger partial charge in [-0.1, -0.05) is 12.1 Å². The smallest absolute Gasteiger partial charge is 0.146 e. The quantitative estimate of drug-likeness (QED) is 0.890. The molecule has 1 aromatic rings. The van der Waals surface area contributed by atoms with Crippen LogP contribution in [-0.4, -0.2) is 32.3 Å². The molecule has 18 heavy (non-hydrogen) atoms. The van der Waals surface area contributed by atoms with Crippen molar-refractivity contribution in [2.45, 2.75) is 31.8 Å². The highest BCUT2D eigenvalue weighted by molar-refractivity contribution is 5.55. The zero-order valence-electron chi connectivity index (χ0n) is 11.0. The van der Waals surface area contributed by atoms with Gasteiger partial charge in [0.15, 0.2) is 0 Å². The Morgan fingerprint density at radius 2 is 2.33 bits per heavy atom. The molecule has 2 rings (SSSR count). The predicted molar refractivity (Wildman–Crippen MR) is 71.4 cm³/mol. The number of halogens is 1. The Morgan fingerprint density at radius 3 is 2.94 bits per heavy atom. The minimum Gasteiger partial charge on any atom is -0.379 e. The van der Waals surface area contributed by atoms with E-state index in [1.807, 2.05) is 24.9 Å². The molecule has 1 aliphatic rings. The summed E-state index contributed by atoms with van der Waals surface area (Å²) in [6.45, 7) is 3.36. The number of benzene rings is 1. The van der Waals surface area contributed by atoms with Gasteiger partial charge in [-0.15, -0.1) is 0 Å². The molecule has 3 nitrogen and oxygen atoms in total. The maximum absolute atomic E-state index is 14.1. The van der Waals surface area contributed by atoms with E-state index in [9.17, 15) is 4.39 Å². The molecule has 1 fully saturated rings. The third-order valence-electron chi connectivity index (χ3n) is 3.42. The second-order valence-electron chi connectivity index (χ2n) is 5.06. The van der Waals surface area contributed by atoms with E-state index in [4.69, 9.17) is 10.5 Å². The highest BCUT2D eigenvalue weighted by atomic mass is 19.1. The van der Waals surface area contributed by atoms with Gasteiger partial charge in [0.25, 0.3) is 0 Å². The lowest BCUT2D eigenvalue weighted by Gasteiger charge is -2.28. The lowest BCUT2D eigenvalue weighted by atomic mass is 10.0. The van der Waals surface area contributed by atoms with Crippen LogP contribution in [0.2, 0.25) is 0 Å². The fraction of sp³-hybridized carbons (Fsp3) is 0.571. The molecule has 4 heteroatoms. The summed E-state index contributed by atoms with van der Waals surface area (Å²) in [6, 6.07) is 5.49. The van der Waals surface area contributed by atoms with Crippen molar-refractivity contribution in [3.8, 4) is 0 Å². The summed E-state index contributed by atoms with van der Waals surface area (Å²) in [5, 5.41) is 0. The van der Waals surface area contributed by atoms with Crippen molar-refractivity contribution < 1.29 is 9.13 Å². The van der Waals surface area contributed by atoms with Gasteiger partial charge in [0.05, 0.1) is 18.3 Å². The van der Waals surface area contributed by atoms with Crippen molar-refractivity contribution >= 4 is 5.69 Å². The summed E-state index contributed by atoms with van der Waals surface area (Å²) in [5.74, 6) is -0.178. The standard InChI is InChI=1S/C14H21FN2O/c1-10(16)8-11-4-3-5-13(15)14(11)17(2)12-6-7-18-9-12/h3-5,10,12H,6-9,16H2,1-2H3. The topological polar surface area (TPSA) is 38.5 Å². The number of para-hydroxylation sites is 1. The summed E-state index contributed by atoms with van der Waals surface area (Å²) < 4.78 is 19.5. The first-order chi connectivity index (χ1) is 8.59. The normalized spacial score (nSPS) is 21.0. The van der Waals surface area contributed by atoms with E-state index in [0.29, 0.717) is 18.7 Å². The molecule has 1 aromatic carbocycles. The van der Waals surface area contributed by atoms with Crippen LogP contribution in [0.25, 0.3) is 0 Å². The van der Waals surface area contributed by atoms with Crippen LogP contribution in [0.4, 0.5) is 10.1 Å². The van der Waals surface area contributed by atoms with Crippen LogP contribution in [0.5, 0.6) is 0 Å². The van der Waals surface area contributed by atoms with E-state index in [0.717, 1.165) is 18.6 Å². The number of anilines is 1. The SMILES string of the molecule is CC(N)Cc1cccc(F)c1N(C)C1CCOC1. The van der Waals surface area contributed by atoms with Crippen molar-refractivity contribution in [2.75, 3.05) is 25.2 Å². The Labute approximate surface area is 108 Å². The lowest BCUT2D eigenvalue weighted by molar-refractivity contribution is 0.193. The molecule has 1 saturated heterocycles. The van der Waals surface area contributed by atoms with Crippen LogP contribution in [-0.2, 0) is 11.2 Å². The molecule has 2 unspecified atom stereocenters. The number of rotatable bonds is 4. The van der Waals surface area contributed by atoms with Gasteiger partial charge in [0.1, 0.15) is 5.82 Å². The van der Waals surface area contributed by atoms with Gasteiger partial charge < -0.3 is 15.4 Å². The van der Waals surface area contributed by atoms with Crippen LogP contribution in [0.3, 0.4) is 0 Å². The number of hydrogen-bond donors (Lipinski definition) is 1. The van der Waals surface area contributed by atoms with Crippen molar-refractivity contribution in [3.63, 3.8) is 0 Å². The van der Waals surface area contributed by atoms with E-state index in [1.165, 1.54) is 6.07 Å². The molecule has 0 aliphatic carbocycles. The van der Waals surface area contributed by atoms with E-state index >= 15 is 0 Å². The molecule has 0 radical (unpaired) electrons. The molecule has 0 saturated carbocycles. The minimum atomic E-state index is -0.178. The van der Waals surface area contributed by atoms with Crippen molar-refractivity contribution in [3.05, 3.63) is 29.6 Å². The Kier molecular flexibility index (Phi) is 4.19. The highest BCUT2D eigenvalue weighted by Crippen LogP contribution is 2.28. The summed E-state index contributed by atoms with van der Waals surface area (Å²) in [4.78, 5) is 2.00. The van der Waals surface area contributed by atoms with Gasteiger partial charge in [-0.25, -0.2) is 4.39 Å². The molecule has 0 bridgehead atoms. The molecule has 0 spiro atoms. The number of nitrogens with zero attached hydrogens (tertiary/aromatic N) is 1. The molecule has 2 atom stereocenters. The van der Waals surface area contributed by atoms with Gasteiger partial charge in [0.2, 0.25) is 0 Å². The van der Waals surface area contributed by atoms with Crippen LogP contribution >= 0.6 is 0 Å². The fourth-order valence-corrected chi connectivity index (χ4v) is 2.48. The second-order valence-corrected chi connectivity index (χ2v) is 5.06. The van der Waals surface area contributed by atoms with Crippen molar-refractivity contribution in [2.24, 2.45) is 5.73 Å². The largest absolute Gasteiger partial charge is 0.379 e. The zero-order valence-corrected chi connectivity index (χ0v) is 11.0. The second kappa shape index (κ2) is 5.67. The van der Waals surface area contributed by atoms with Crippen LogP contribution in [0.15, 0.2) is 18.2 Å². The fourth-order valence-electron chi connectivity index (χ4n) is 2.48. The maximum Gasteiger partial charge on any atom is 0.146 e. The average Bonchev–Trinajstić information content (AvgIpc) is 2.81. The first kappa shape index (κ1) is 13.3. The Bertz CT molecular complexity index is 403. The monoisotopic (exact) mass is 252 g/mol. The van der Waals surface area contributed by atoms with E-state index in [2.05, 4.69) is 0 Å². The Balaban J connectivity index is 2.28. The summed E-state index contributed by atoms with van der Waals surface area (Å²) >= 11 is 0. The molecule has 0 amide bonds. The summed E-state index contributed by atoms with van der Waals surface area (Å²) in [7, 11) is 1.93. The van der Waals surface area contributed by atoms with E-state index in [-0.39, 0.29) is 17.9 Å². The third-order valence-corrected chi connectivity index (χ3v) is 3.42. The van der Waals surface area contributed by atoms with E-state index < -0.39 is 0 Å². The Morgan fingerprint density at radius 1 is 1.56 bits per heavy atom. The van der Waals surface area contributed by atoms with Gasteiger partial charge in [-0.05, 0) is 31.4 Å². The average molecular weight is 252 g/mol. The summed E-state index contributed by atoms with van der Waals surface area (Å²) in [6.07, 6.45) is 1.63. The molecule has 100 valence electrons. The number of hydrogen-bond acceptors (Lipinski definition) is 3. The Hall–Kier alpha value is -1.13. The van der Waals surface area contributed by atoms with Crippen LogP contribution < -0.4 is 10.6 Å².